The van der Waals surface area contributed by atoms with Crippen LogP contribution in [-0.2, 0) is 0 Å². The van der Waals surface area contributed by atoms with Crippen molar-refractivity contribution in [3.05, 3.63) is 42.0 Å². The SMILES string of the molecule is C#Cc1cccc(-c2nc(N)c3cc(N)c(OC)cc3n2)c1. The Balaban J connectivity index is 2.23. The van der Waals surface area contributed by atoms with Crippen molar-refractivity contribution in [2.75, 3.05) is 18.6 Å². The zero-order chi connectivity index (χ0) is 15.7. The highest BCUT2D eigenvalue weighted by Gasteiger charge is 2.11. The Hall–Kier alpha value is -3.26. The molecule has 0 fully saturated rings. The molecule has 4 N–H and O–H groups in total. The second-order valence-corrected chi connectivity index (χ2v) is 4.77. The number of fused-ring (bicyclic) bond motifs is 1. The van der Waals surface area contributed by atoms with E-state index in [0.717, 1.165) is 11.1 Å². The van der Waals surface area contributed by atoms with Crippen LogP contribution in [0.15, 0.2) is 36.4 Å². The summed E-state index contributed by atoms with van der Waals surface area (Å²) in [5, 5.41) is 0.690. The molecule has 1 aromatic heterocycles. The van der Waals surface area contributed by atoms with E-state index < -0.39 is 0 Å². The highest BCUT2D eigenvalue weighted by atomic mass is 16.5. The molecule has 0 bridgehead atoms. The van der Waals surface area contributed by atoms with Gasteiger partial charge in [0, 0.05) is 22.6 Å². The maximum atomic E-state index is 6.04. The number of nitrogen functional groups attached to an aromatic ring is 2. The molecule has 0 radical (unpaired) electrons. The van der Waals surface area contributed by atoms with Crippen LogP contribution >= 0.6 is 0 Å². The number of aromatic nitrogens is 2. The molecule has 3 aromatic rings. The molecule has 22 heavy (non-hydrogen) atoms. The van der Waals surface area contributed by atoms with Gasteiger partial charge in [-0.05, 0) is 18.2 Å². The average Bonchev–Trinajstić information content (AvgIpc) is 2.55. The Morgan fingerprint density at radius 3 is 2.68 bits per heavy atom. The maximum Gasteiger partial charge on any atom is 0.162 e. The first-order valence-corrected chi connectivity index (χ1v) is 6.60. The van der Waals surface area contributed by atoms with Crippen molar-refractivity contribution in [3.63, 3.8) is 0 Å². The van der Waals surface area contributed by atoms with E-state index in [1.165, 1.54) is 0 Å². The van der Waals surface area contributed by atoms with E-state index >= 15 is 0 Å². The maximum absolute atomic E-state index is 6.04. The average molecular weight is 290 g/mol. The highest BCUT2D eigenvalue weighted by Crippen LogP contribution is 2.31. The molecule has 108 valence electrons. The first kappa shape index (κ1) is 13.7. The van der Waals surface area contributed by atoms with Crippen molar-refractivity contribution in [2.45, 2.75) is 0 Å². The number of anilines is 2. The summed E-state index contributed by atoms with van der Waals surface area (Å²) in [5.74, 6) is 4.01. The number of nitrogens with zero attached hydrogens (tertiary/aromatic N) is 2. The first-order valence-electron chi connectivity index (χ1n) is 6.60. The first-order chi connectivity index (χ1) is 10.6. The fourth-order valence-electron chi connectivity index (χ4n) is 2.25. The number of ether oxygens (including phenoxy) is 1. The summed E-state index contributed by atoms with van der Waals surface area (Å²) < 4.78 is 5.22. The van der Waals surface area contributed by atoms with Crippen LogP contribution in [-0.4, -0.2) is 17.1 Å². The van der Waals surface area contributed by atoms with Gasteiger partial charge in [-0.3, -0.25) is 0 Å². The van der Waals surface area contributed by atoms with Crippen LogP contribution in [0.3, 0.4) is 0 Å². The number of hydrogen-bond acceptors (Lipinski definition) is 5. The van der Waals surface area contributed by atoms with Gasteiger partial charge in [0.2, 0.25) is 0 Å². The quantitative estimate of drug-likeness (QED) is 0.559. The summed E-state index contributed by atoms with van der Waals surface area (Å²) in [6.07, 6.45) is 5.43. The van der Waals surface area contributed by atoms with Gasteiger partial charge >= 0.3 is 0 Å². The molecule has 3 rings (SSSR count). The van der Waals surface area contributed by atoms with E-state index in [-0.39, 0.29) is 0 Å². The standard InChI is InChI=1S/C17H14N4O/c1-3-10-5-4-6-11(7-10)17-20-14-9-15(22-2)13(18)8-12(14)16(19)21-17/h1,4-9H,18H2,2H3,(H2,19,20,21). The summed E-state index contributed by atoms with van der Waals surface area (Å²) >= 11 is 0. The summed E-state index contributed by atoms with van der Waals surface area (Å²) in [5.41, 5.74) is 14.7. The van der Waals surface area contributed by atoms with Crippen molar-refractivity contribution in [3.8, 4) is 29.5 Å². The minimum atomic E-state index is 0.362. The Labute approximate surface area is 127 Å². The normalized spacial score (nSPS) is 10.4. The molecular weight excluding hydrogens is 276 g/mol. The van der Waals surface area contributed by atoms with Crippen LogP contribution in [0.4, 0.5) is 11.5 Å². The van der Waals surface area contributed by atoms with Crippen LogP contribution in [0.2, 0.25) is 0 Å². The van der Waals surface area contributed by atoms with Crippen LogP contribution in [0.5, 0.6) is 5.75 Å². The molecule has 0 saturated heterocycles. The minimum absolute atomic E-state index is 0.362. The molecule has 0 saturated carbocycles. The van der Waals surface area contributed by atoms with Crippen molar-refractivity contribution >= 4 is 22.4 Å². The third-order valence-corrected chi connectivity index (χ3v) is 3.36. The Bertz CT molecular complexity index is 912. The summed E-state index contributed by atoms with van der Waals surface area (Å²) in [7, 11) is 1.55. The van der Waals surface area contributed by atoms with E-state index in [2.05, 4.69) is 15.9 Å². The molecule has 0 amide bonds. The molecule has 0 aliphatic carbocycles. The molecular formula is C17H14N4O. The van der Waals surface area contributed by atoms with Crippen LogP contribution in [0, 0.1) is 12.3 Å². The Morgan fingerprint density at radius 1 is 1.14 bits per heavy atom. The van der Waals surface area contributed by atoms with Crippen molar-refractivity contribution in [1.29, 1.82) is 0 Å². The number of benzene rings is 2. The topological polar surface area (TPSA) is 87.0 Å². The third kappa shape index (κ3) is 2.27. The van der Waals surface area contributed by atoms with Crippen molar-refractivity contribution in [1.82, 2.24) is 9.97 Å². The van der Waals surface area contributed by atoms with Gasteiger partial charge in [0.15, 0.2) is 5.82 Å². The van der Waals surface area contributed by atoms with Gasteiger partial charge in [-0.25, -0.2) is 9.97 Å². The summed E-state index contributed by atoms with van der Waals surface area (Å²) in [6, 6.07) is 10.9. The van der Waals surface area contributed by atoms with Gasteiger partial charge in [0.25, 0.3) is 0 Å². The lowest BCUT2D eigenvalue weighted by Gasteiger charge is -2.09. The Kier molecular flexibility index (Phi) is 3.28. The van der Waals surface area contributed by atoms with Gasteiger partial charge in [-0.2, -0.15) is 0 Å². The van der Waals surface area contributed by atoms with Crippen LogP contribution in [0.1, 0.15) is 5.56 Å². The number of methoxy groups -OCH3 is 1. The lowest BCUT2D eigenvalue weighted by Crippen LogP contribution is -2.00. The molecule has 5 heteroatoms. The van der Waals surface area contributed by atoms with Gasteiger partial charge < -0.3 is 16.2 Å². The zero-order valence-corrected chi connectivity index (χ0v) is 12.0. The Morgan fingerprint density at radius 2 is 1.95 bits per heavy atom. The zero-order valence-electron chi connectivity index (χ0n) is 12.0. The molecule has 1 heterocycles. The largest absolute Gasteiger partial charge is 0.495 e. The molecule has 5 nitrogen and oxygen atoms in total. The molecule has 0 unspecified atom stereocenters. The smallest absolute Gasteiger partial charge is 0.162 e. The molecule has 0 atom stereocenters. The number of rotatable bonds is 2. The van der Waals surface area contributed by atoms with E-state index in [9.17, 15) is 0 Å². The number of nitrogens with two attached hydrogens (primary N) is 2. The molecule has 2 aromatic carbocycles. The molecule has 0 spiro atoms. The second kappa shape index (κ2) is 5.26. The predicted molar refractivity (Wildman–Crippen MR) is 88.3 cm³/mol. The van der Waals surface area contributed by atoms with Crippen molar-refractivity contribution < 1.29 is 4.74 Å². The van der Waals surface area contributed by atoms with Gasteiger partial charge in [0.05, 0.1) is 18.3 Å². The molecule has 0 aliphatic heterocycles. The van der Waals surface area contributed by atoms with E-state index in [4.69, 9.17) is 22.6 Å². The van der Waals surface area contributed by atoms with Crippen LogP contribution < -0.4 is 16.2 Å². The van der Waals surface area contributed by atoms with E-state index in [1.807, 2.05) is 24.3 Å². The predicted octanol–water partition coefficient (Wildman–Crippen LogP) is 2.45. The summed E-state index contributed by atoms with van der Waals surface area (Å²) in [4.78, 5) is 8.88. The molecule has 0 aliphatic rings. The lowest BCUT2D eigenvalue weighted by molar-refractivity contribution is 0.417. The number of terminal acetylenes is 1. The van der Waals surface area contributed by atoms with Gasteiger partial charge in [-0.1, -0.05) is 18.1 Å². The van der Waals surface area contributed by atoms with Gasteiger partial charge in [-0.15, -0.1) is 6.42 Å². The third-order valence-electron chi connectivity index (χ3n) is 3.36. The fourth-order valence-corrected chi connectivity index (χ4v) is 2.25. The fraction of sp³-hybridized carbons (Fsp3) is 0.0588. The second-order valence-electron chi connectivity index (χ2n) is 4.77. The summed E-state index contributed by atoms with van der Waals surface area (Å²) in [6.45, 7) is 0. The van der Waals surface area contributed by atoms with E-state index in [1.54, 1.807) is 19.2 Å². The minimum Gasteiger partial charge on any atom is -0.495 e. The van der Waals surface area contributed by atoms with E-state index in [0.29, 0.717) is 34.0 Å². The monoisotopic (exact) mass is 290 g/mol. The number of hydrogen-bond donors (Lipinski definition) is 2. The lowest BCUT2D eigenvalue weighted by atomic mass is 10.1. The van der Waals surface area contributed by atoms with Gasteiger partial charge in [0.1, 0.15) is 11.6 Å². The van der Waals surface area contributed by atoms with Crippen molar-refractivity contribution in [2.24, 2.45) is 0 Å². The van der Waals surface area contributed by atoms with Crippen LogP contribution in [0.25, 0.3) is 22.3 Å². The highest BCUT2D eigenvalue weighted by molar-refractivity contribution is 5.93.